The third-order valence-corrected chi connectivity index (χ3v) is 6.50. The van der Waals surface area contributed by atoms with Crippen LogP contribution in [-0.4, -0.2) is 46.6 Å². The molecule has 0 spiro atoms. The third kappa shape index (κ3) is 4.80. The molecule has 1 aliphatic heterocycles. The molecular formula is C24H25N3O4S. The highest BCUT2D eigenvalue weighted by Gasteiger charge is 2.26. The van der Waals surface area contributed by atoms with Crippen molar-refractivity contribution < 1.29 is 18.8 Å². The molecule has 1 fully saturated rings. The Balaban J connectivity index is 1.43. The Bertz CT molecular complexity index is 1110. The second kappa shape index (κ2) is 9.91. The van der Waals surface area contributed by atoms with Gasteiger partial charge in [0.2, 0.25) is 5.91 Å². The summed E-state index contributed by atoms with van der Waals surface area (Å²) in [5, 5.41) is 7.38. The van der Waals surface area contributed by atoms with Gasteiger partial charge in [-0.3, -0.25) is 4.79 Å². The summed E-state index contributed by atoms with van der Waals surface area (Å²) in [7, 11) is 0. The van der Waals surface area contributed by atoms with Crippen molar-refractivity contribution in [2.24, 2.45) is 0 Å². The number of esters is 1. The van der Waals surface area contributed by atoms with Gasteiger partial charge in [0.15, 0.2) is 0 Å². The highest BCUT2D eigenvalue weighted by Crippen LogP contribution is 2.37. The molecule has 1 aromatic carbocycles. The van der Waals surface area contributed by atoms with Gasteiger partial charge in [-0.1, -0.05) is 35.5 Å². The van der Waals surface area contributed by atoms with E-state index in [4.69, 9.17) is 14.2 Å². The monoisotopic (exact) mass is 451 g/mol. The summed E-state index contributed by atoms with van der Waals surface area (Å²) in [6.07, 6.45) is 4.15. The summed E-state index contributed by atoms with van der Waals surface area (Å²) >= 11 is 1.64. The molecule has 3 aromatic rings. The van der Waals surface area contributed by atoms with Crippen LogP contribution in [0.2, 0.25) is 0 Å². The van der Waals surface area contributed by atoms with E-state index in [9.17, 15) is 9.59 Å². The molecule has 2 aromatic heterocycles. The summed E-state index contributed by atoms with van der Waals surface area (Å²) in [6, 6.07) is 9.95. The number of ether oxygens (including phenoxy) is 1. The normalized spacial score (nSPS) is 14.8. The van der Waals surface area contributed by atoms with Crippen LogP contribution in [0.1, 0.15) is 36.5 Å². The van der Waals surface area contributed by atoms with Crippen LogP contribution in [0.3, 0.4) is 0 Å². The standard InChI is InChI=1S/C24H25N3O4S/c1-3-30-21(29)10-9-20(28)27-13-11-18(12-14-27)24-25-19(15-32-24)22-16(2)31-26-23(22)17-7-5-4-6-8-17/h4-10,15,18H,3,11-14H2,1-2H3. The molecule has 0 radical (unpaired) electrons. The van der Waals surface area contributed by atoms with Crippen LogP contribution in [0.25, 0.3) is 22.5 Å². The smallest absolute Gasteiger partial charge is 0.330 e. The maximum Gasteiger partial charge on any atom is 0.330 e. The largest absolute Gasteiger partial charge is 0.463 e. The van der Waals surface area contributed by atoms with E-state index in [0.717, 1.165) is 46.1 Å². The number of amides is 1. The first-order chi connectivity index (χ1) is 15.6. The quantitative estimate of drug-likeness (QED) is 0.402. The number of rotatable bonds is 6. The van der Waals surface area contributed by atoms with Crippen LogP contribution in [0, 0.1) is 6.92 Å². The number of piperidine rings is 1. The van der Waals surface area contributed by atoms with Gasteiger partial charge < -0.3 is 14.2 Å². The second-order valence-corrected chi connectivity index (χ2v) is 8.47. The zero-order valence-electron chi connectivity index (χ0n) is 18.1. The van der Waals surface area contributed by atoms with Crippen molar-refractivity contribution in [2.75, 3.05) is 19.7 Å². The van der Waals surface area contributed by atoms with Crippen LogP contribution >= 0.6 is 11.3 Å². The Morgan fingerprint density at radius 1 is 1.22 bits per heavy atom. The number of thiazole rings is 1. The number of benzene rings is 1. The average molecular weight is 452 g/mol. The number of carbonyl (C=O) groups is 2. The lowest BCUT2D eigenvalue weighted by Gasteiger charge is -2.30. The molecule has 0 aliphatic carbocycles. The van der Waals surface area contributed by atoms with Gasteiger partial charge >= 0.3 is 5.97 Å². The molecule has 4 rings (SSSR count). The Hall–Kier alpha value is -3.26. The van der Waals surface area contributed by atoms with Gasteiger partial charge in [-0.05, 0) is 26.7 Å². The molecule has 1 amide bonds. The minimum Gasteiger partial charge on any atom is -0.463 e. The fourth-order valence-corrected chi connectivity index (χ4v) is 4.82. The Kier molecular flexibility index (Phi) is 6.80. The summed E-state index contributed by atoms with van der Waals surface area (Å²) in [6.45, 7) is 5.19. The molecule has 0 N–H and O–H groups in total. The molecule has 1 aliphatic rings. The topological polar surface area (TPSA) is 85.5 Å². The van der Waals surface area contributed by atoms with Crippen LogP contribution in [-0.2, 0) is 14.3 Å². The lowest BCUT2D eigenvalue weighted by molar-refractivity contribution is -0.137. The predicted octanol–water partition coefficient (Wildman–Crippen LogP) is 4.60. The maximum atomic E-state index is 12.3. The molecule has 166 valence electrons. The lowest BCUT2D eigenvalue weighted by Crippen LogP contribution is -2.37. The number of hydrogen-bond acceptors (Lipinski definition) is 7. The highest BCUT2D eigenvalue weighted by molar-refractivity contribution is 7.10. The molecule has 3 heterocycles. The van der Waals surface area contributed by atoms with Crippen LogP contribution in [0.4, 0.5) is 0 Å². The van der Waals surface area contributed by atoms with Crippen molar-refractivity contribution in [2.45, 2.75) is 32.6 Å². The summed E-state index contributed by atoms with van der Waals surface area (Å²) in [4.78, 5) is 30.4. The van der Waals surface area contributed by atoms with Gasteiger partial charge in [0, 0.05) is 42.1 Å². The van der Waals surface area contributed by atoms with Gasteiger partial charge in [-0.25, -0.2) is 9.78 Å². The number of nitrogens with zero attached hydrogens (tertiary/aromatic N) is 3. The second-order valence-electron chi connectivity index (χ2n) is 7.58. The van der Waals surface area contributed by atoms with Crippen molar-refractivity contribution >= 4 is 23.2 Å². The van der Waals surface area contributed by atoms with Crippen molar-refractivity contribution in [3.8, 4) is 22.5 Å². The van der Waals surface area contributed by atoms with E-state index in [0.29, 0.717) is 25.6 Å². The van der Waals surface area contributed by atoms with Crippen molar-refractivity contribution in [3.63, 3.8) is 0 Å². The number of aryl methyl sites for hydroxylation is 1. The Morgan fingerprint density at radius 3 is 2.69 bits per heavy atom. The lowest BCUT2D eigenvalue weighted by atomic mass is 9.97. The van der Waals surface area contributed by atoms with E-state index >= 15 is 0 Å². The molecule has 32 heavy (non-hydrogen) atoms. The minimum absolute atomic E-state index is 0.163. The first-order valence-corrected chi connectivity index (χ1v) is 11.6. The number of aromatic nitrogens is 2. The van der Waals surface area contributed by atoms with Gasteiger partial charge in [0.05, 0.1) is 22.9 Å². The number of likely N-dealkylation sites (tertiary alicyclic amines) is 1. The molecule has 0 atom stereocenters. The molecule has 0 unspecified atom stereocenters. The van der Waals surface area contributed by atoms with Crippen molar-refractivity contribution in [1.29, 1.82) is 0 Å². The van der Waals surface area contributed by atoms with Crippen LogP contribution < -0.4 is 0 Å². The predicted molar refractivity (Wildman–Crippen MR) is 122 cm³/mol. The fourth-order valence-electron chi connectivity index (χ4n) is 3.84. The zero-order valence-corrected chi connectivity index (χ0v) is 18.9. The van der Waals surface area contributed by atoms with Gasteiger partial charge in [0.1, 0.15) is 11.5 Å². The highest BCUT2D eigenvalue weighted by atomic mass is 32.1. The third-order valence-electron chi connectivity index (χ3n) is 5.49. The van der Waals surface area contributed by atoms with Crippen LogP contribution in [0.15, 0.2) is 52.4 Å². The SMILES string of the molecule is CCOC(=O)C=CC(=O)N1CCC(c2nc(-c3c(-c4ccccc4)noc3C)cs2)CC1. The Labute approximate surface area is 190 Å². The number of carbonyl (C=O) groups excluding carboxylic acids is 2. The first kappa shape index (κ1) is 22.0. The first-order valence-electron chi connectivity index (χ1n) is 10.7. The zero-order chi connectivity index (χ0) is 22.5. The molecular weight excluding hydrogens is 426 g/mol. The summed E-state index contributed by atoms with van der Waals surface area (Å²) < 4.78 is 10.3. The van der Waals surface area contributed by atoms with E-state index in [1.165, 1.54) is 12.2 Å². The fraction of sp³-hybridized carbons (Fsp3) is 0.333. The molecule has 8 heteroatoms. The Morgan fingerprint density at radius 2 is 1.97 bits per heavy atom. The summed E-state index contributed by atoms with van der Waals surface area (Å²) in [5.41, 5.74) is 3.60. The van der Waals surface area contributed by atoms with Crippen LogP contribution in [0.5, 0.6) is 0 Å². The molecule has 0 saturated carbocycles. The average Bonchev–Trinajstić information content (AvgIpc) is 3.45. The van der Waals surface area contributed by atoms with E-state index < -0.39 is 5.97 Å². The van der Waals surface area contributed by atoms with Gasteiger partial charge in [-0.15, -0.1) is 11.3 Å². The molecule has 1 saturated heterocycles. The maximum absolute atomic E-state index is 12.3. The molecule has 0 bridgehead atoms. The van der Waals surface area contributed by atoms with E-state index in [-0.39, 0.29) is 5.91 Å². The van der Waals surface area contributed by atoms with Crippen molar-refractivity contribution in [1.82, 2.24) is 15.0 Å². The summed E-state index contributed by atoms with van der Waals surface area (Å²) in [5.74, 6) is 0.385. The minimum atomic E-state index is -0.495. The van der Waals surface area contributed by atoms with E-state index in [1.54, 1.807) is 23.2 Å². The van der Waals surface area contributed by atoms with Gasteiger partial charge in [0.25, 0.3) is 0 Å². The van der Waals surface area contributed by atoms with Gasteiger partial charge in [-0.2, -0.15) is 0 Å². The van der Waals surface area contributed by atoms with E-state index in [1.807, 2.05) is 37.3 Å². The van der Waals surface area contributed by atoms with Crippen molar-refractivity contribution in [3.05, 3.63) is 58.6 Å². The number of hydrogen-bond donors (Lipinski definition) is 0. The molecule has 7 nitrogen and oxygen atoms in total. The van der Waals surface area contributed by atoms with E-state index in [2.05, 4.69) is 10.5 Å².